The van der Waals surface area contributed by atoms with Crippen molar-refractivity contribution in [1.82, 2.24) is 19.7 Å². The minimum atomic E-state index is -0.915. The summed E-state index contributed by atoms with van der Waals surface area (Å²) in [7, 11) is 0. The highest BCUT2D eigenvalue weighted by atomic mass is 79.9. The van der Waals surface area contributed by atoms with Crippen LogP contribution < -0.4 is 4.74 Å². The van der Waals surface area contributed by atoms with Crippen LogP contribution in [0.25, 0.3) is 0 Å². The number of rotatable bonds is 7. The molecule has 224 valence electrons. The van der Waals surface area contributed by atoms with Crippen LogP contribution >= 0.6 is 27.3 Å². The molecule has 1 aliphatic carbocycles. The Morgan fingerprint density at radius 3 is 2.57 bits per heavy atom. The van der Waals surface area contributed by atoms with Crippen molar-refractivity contribution < 1.29 is 29.0 Å². The molecule has 2 aromatic rings. The Morgan fingerprint density at radius 2 is 1.86 bits per heavy atom. The molecule has 0 spiro atoms. The zero-order valence-corrected chi connectivity index (χ0v) is 25.8. The van der Waals surface area contributed by atoms with E-state index in [1.807, 2.05) is 21.9 Å². The van der Waals surface area contributed by atoms with E-state index < -0.39 is 23.8 Å². The zero-order valence-electron chi connectivity index (χ0n) is 23.4. The number of benzene rings is 1. The molecule has 3 fully saturated rings. The third-order valence-electron chi connectivity index (χ3n) is 9.19. The second-order valence-electron chi connectivity index (χ2n) is 11.7. The van der Waals surface area contributed by atoms with E-state index in [1.165, 1.54) is 11.3 Å². The summed E-state index contributed by atoms with van der Waals surface area (Å²) in [5, 5.41) is 9.92. The molecule has 10 nitrogen and oxygen atoms in total. The molecule has 4 aliphatic rings. The van der Waals surface area contributed by atoms with Crippen LogP contribution in [0.4, 0.5) is 0 Å². The molecule has 3 aliphatic heterocycles. The molecule has 3 amide bonds. The van der Waals surface area contributed by atoms with Crippen LogP contribution in [0.5, 0.6) is 5.75 Å². The molecular weight excluding hydrogens is 624 g/mol. The number of carboxylic acid groups (broad SMARTS) is 1. The van der Waals surface area contributed by atoms with Crippen molar-refractivity contribution in [2.75, 3.05) is 32.7 Å². The van der Waals surface area contributed by atoms with Gasteiger partial charge >= 0.3 is 5.97 Å². The first kappa shape index (κ1) is 29.1. The van der Waals surface area contributed by atoms with E-state index in [0.717, 1.165) is 34.9 Å². The van der Waals surface area contributed by atoms with Crippen LogP contribution in [0.3, 0.4) is 0 Å². The van der Waals surface area contributed by atoms with Crippen molar-refractivity contribution in [3.8, 4) is 5.75 Å². The number of halogens is 1. The Balaban J connectivity index is 1.31. The largest absolute Gasteiger partial charge is 0.488 e. The number of nitrogens with zero attached hydrogens (tertiary/aromatic N) is 4. The average Bonchev–Trinajstić information content (AvgIpc) is 3.77. The van der Waals surface area contributed by atoms with Gasteiger partial charge in [0.05, 0.1) is 36.1 Å². The zero-order chi connectivity index (χ0) is 29.4. The normalized spacial score (nSPS) is 25.9. The number of aromatic nitrogens is 1. The fourth-order valence-corrected chi connectivity index (χ4v) is 8.17. The van der Waals surface area contributed by atoms with Crippen LogP contribution in [-0.4, -0.2) is 87.3 Å². The maximum atomic E-state index is 14.2. The minimum Gasteiger partial charge on any atom is -0.488 e. The fraction of sp³-hybridized carbons (Fsp3) is 0.567. The summed E-state index contributed by atoms with van der Waals surface area (Å²) < 4.78 is 7.54. The number of hydrogen-bond donors (Lipinski definition) is 1. The first-order chi connectivity index (χ1) is 20.3. The van der Waals surface area contributed by atoms with Crippen molar-refractivity contribution in [2.45, 2.75) is 63.5 Å². The van der Waals surface area contributed by atoms with Crippen molar-refractivity contribution in [1.29, 1.82) is 0 Å². The fourth-order valence-electron chi connectivity index (χ4n) is 7.04. The molecular formula is C30H35BrN4O6S. The van der Waals surface area contributed by atoms with Crippen LogP contribution in [0.2, 0.25) is 0 Å². The number of carbonyl (C=O) groups is 4. The molecule has 42 heavy (non-hydrogen) atoms. The van der Waals surface area contributed by atoms with Gasteiger partial charge in [-0.25, -0.2) is 0 Å². The maximum absolute atomic E-state index is 14.2. The second-order valence-corrected chi connectivity index (χ2v) is 13.4. The molecule has 1 saturated carbocycles. The first-order valence-corrected chi connectivity index (χ1v) is 16.5. The summed E-state index contributed by atoms with van der Waals surface area (Å²) in [4.78, 5) is 62.0. The van der Waals surface area contributed by atoms with Crippen LogP contribution in [0.15, 0.2) is 28.3 Å². The highest BCUT2D eigenvalue weighted by Gasteiger charge is 2.44. The number of fused-ring (bicyclic) bond motifs is 1. The first-order valence-electron chi connectivity index (χ1n) is 14.8. The molecule has 1 aromatic carbocycles. The van der Waals surface area contributed by atoms with E-state index in [2.05, 4.69) is 20.9 Å². The molecule has 0 unspecified atom stereocenters. The molecule has 1 N–H and O–H groups in total. The van der Waals surface area contributed by atoms with Gasteiger partial charge in [-0.05, 0) is 43.4 Å². The lowest BCUT2D eigenvalue weighted by Gasteiger charge is -2.43. The number of amides is 3. The van der Waals surface area contributed by atoms with E-state index in [1.54, 1.807) is 16.6 Å². The van der Waals surface area contributed by atoms with Gasteiger partial charge in [0, 0.05) is 49.1 Å². The smallest absolute Gasteiger partial charge is 0.307 e. The lowest BCUT2D eigenvalue weighted by molar-refractivity contribution is -0.154. The SMILES string of the molecule is O=C(O)[C@H]1CCCC[C@H]1C(=O)N1CCc2c(Br)ccc(O[C@H]3CCN(C(=O)c4cncs4)C3)c2[C@H]1CN1CCCC1=O. The molecule has 0 bridgehead atoms. The Bertz CT molecular complexity index is 1370. The van der Waals surface area contributed by atoms with Gasteiger partial charge in [0.2, 0.25) is 11.8 Å². The van der Waals surface area contributed by atoms with Gasteiger partial charge in [0.25, 0.3) is 5.91 Å². The van der Waals surface area contributed by atoms with Crippen LogP contribution in [0, 0.1) is 11.8 Å². The molecule has 1 aromatic heterocycles. The van der Waals surface area contributed by atoms with Gasteiger partial charge in [0.1, 0.15) is 16.7 Å². The minimum absolute atomic E-state index is 0.0518. The highest BCUT2D eigenvalue weighted by Crippen LogP contribution is 2.44. The lowest BCUT2D eigenvalue weighted by Crippen LogP contribution is -2.50. The summed E-state index contributed by atoms with van der Waals surface area (Å²) in [6.45, 7) is 2.45. The standard InChI is InChI=1S/C30H35BrN4O6S/c31-22-7-8-24(41-18-9-12-34(15-18)29(38)25-14-32-17-42-25)27-21(22)10-13-35(23(27)16-33-11-3-6-26(33)36)28(37)19-4-1-2-5-20(19)30(39)40/h7-8,14,17-20,23H,1-6,9-13,15-16H2,(H,39,40)/t18-,19+,20-,23+/m0/s1. The number of carboxylic acids is 1. The Labute approximate surface area is 257 Å². The molecule has 4 atom stereocenters. The summed E-state index contributed by atoms with van der Waals surface area (Å²) in [6, 6.07) is 3.41. The van der Waals surface area contributed by atoms with Crippen molar-refractivity contribution in [3.63, 3.8) is 0 Å². The summed E-state index contributed by atoms with van der Waals surface area (Å²) in [6.07, 6.45) is 6.61. The Morgan fingerprint density at radius 1 is 1.05 bits per heavy atom. The average molecular weight is 660 g/mol. The Hall–Kier alpha value is -2.99. The van der Waals surface area contributed by atoms with Gasteiger partial charge in [-0.3, -0.25) is 24.2 Å². The number of thiazole rings is 1. The molecule has 12 heteroatoms. The highest BCUT2D eigenvalue weighted by molar-refractivity contribution is 9.10. The van der Waals surface area contributed by atoms with E-state index in [9.17, 15) is 24.3 Å². The Kier molecular flexibility index (Phi) is 8.53. The van der Waals surface area contributed by atoms with Crippen LogP contribution in [0.1, 0.15) is 71.8 Å². The summed E-state index contributed by atoms with van der Waals surface area (Å²) >= 11 is 5.04. The van der Waals surface area contributed by atoms with Gasteiger partial charge in [-0.1, -0.05) is 28.8 Å². The number of likely N-dealkylation sites (tertiary alicyclic amines) is 2. The quantitative estimate of drug-likeness (QED) is 0.475. The van der Waals surface area contributed by atoms with Gasteiger partial charge < -0.3 is 24.5 Å². The second kappa shape index (κ2) is 12.3. The van der Waals surface area contributed by atoms with Gasteiger partial charge in [0.15, 0.2) is 0 Å². The third kappa shape index (κ3) is 5.67. The maximum Gasteiger partial charge on any atom is 0.307 e. The number of aliphatic carboxylic acids is 1. The predicted octanol–water partition coefficient (Wildman–Crippen LogP) is 4.14. The van der Waals surface area contributed by atoms with E-state index in [4.69, 9.17) is 4.74 Å². The molecule has 2 saturated heterocycles. The summed E-state index contributed by atoms with van der Waals surface area (Å²) in [5.74, 6) is -1.66. The van der Waals surface area contributed by atoms with Crippen LogP contribution in [-0.2, 0) is 20.8 Å². The van der Waals surface area contributed by atoms with Crippen molar-refractivity contribution >= 4 is 51.0 Å². The number of carbonyl (C=O) groups excluding carboxylic acids is 3. The molecule has 6 rings (SSSR count). The van der Waals surface area contributed by atoms with E-state index in [0.29, 0.717) is 75.5 Å². The van der Waals surface area contributed by atoms with Crippen molar-refractivity contribution in [2.24, 2.45) is 11.8 Å². The lowest BCUT2D eigenvalue weighted by atomic mass is 9.77. The van der Waals surface area contributed by atoms with Gasteiger partial charge in [-0.2, -0.15) is 0 Å². The number of ether oxygens (including phenoxy) is 1. The topological polar surface area (TPSA) is 120 Å². The van der Waals surface area contributed by atoms with Crippen molar-refractivity contribution in [3.05, 3.63) is 44.3 Å². The van der Waals surface area contributed by atoms with Gasteiger partial charge in [-0.15, -0.1) is 11.3 Å². The molecule has 0 radical (unpaired) electrons. The number of hydrogen-bond acceptors (Lipinski definition) is 7. The van der Waals surface area contributed by atoms with E-state index in [-0.39, 0.29) is 23.8 Å². The summed E-state index contributed by atoms with van der Waals surface area (Å²) in [5.41, 5.74) is 3.57. The monoisotopic (exact) mass is 658 g/mol. The molecule has 4 heterocycles. The predicted molar refractivity (Wildman–Crippen MR) is 158 cm³/mol. The third-order valence-corrected chi connectivity index (χ3v) is 10.7. The van der Waals surface area contributed by atoms with E-state index >= 15 is 0 Å².